The van der Waals surface area contributed by atoms with Crippen LogP contribution < -0.4 is 14.4 Å². The van der Waals surface area contributed by atoms with Crippen molar-refractivity contribution in [2.24, 2.45) is 0 Å². The molecule has 8 nitrogen and oxygen atoms in total. The normalized spacial score (nSPS) is 14.3. The van der Waals surface area contributed by atoms with Crippen molar-refractivity contribution in [1.29, 1.82) is 0 Å². The number of ether oxygens (including phenoxy) is 1. The predicted octanol–water partition coefficient (Wildman–Crippen LogP) is 5.68. The highest BCUT2D eigenvalue weighted by atomic mass is 32.2. The maximum absolute atomic E-state index is 14.4. The molecule has 0 unspecified atom stereocenters. The van der Waals surface area contributed by atoms with E-state index in [-0.39, 0.29) is 29.1 Å². The van der Waals surface area contributed by atoms with Gasteiger partial charge in [-0.1, -0.05) is 73.4 Å². The minimum atomic E-state index is -4.19. The summed E-state index contributed by atoms with van der Waals surface area (Å²) < 4.78 is 35.1. The Kier molecular flexibility index (Phi) is 10.5. The standard InChI is InChI=1S/C34H43N3O5S/c1-6-30(34(39)35-28-12-7-8-13-28)36(22-27-11-9-10-25(3)20-27)33(38)23-37(31-21-26(4)16-19-32(31)42-5)43(40,41)29-17-14-24(2)15-18-29/h9-11,14-21,28,30H,6-8,12-13,22-23H2,1-5H3,(H,35,39)/t30-/m1/s1. The van der Waals surface area contributed by atoms with E-state index in [9.17, 15) is 18.0 Å². The summed E-state index contributed by atoms with van der Waals surface area (Å²) in [4.78, 5) is 29.6. The van der Waals surface area contributed by atoms with Gasteiger partial charge in [0.1, 0.15) is 18.3 Å². The van der Waals surface area contributed by atoms with Gasteiger partial charge in [0.25, 0.3) is 10.0 Å². The van der Waals surface area contributed by atoms with Gasteiger partial charge in [-0.3, -0.25) is 13.9 Å². The first-order valence-corrected chi connectivity index (χ1v) is 16.4. The Morgan fingerprint density at radius 2 is 1.58 bits per heavy atom. The molecule has 0 bridgehead atoms. The molecule has 1 aliphatic rings. The molecule has 1 fully saturated rings. The van der Waals surface area contributed by atoms with Gasteiger partial charge in [-0.05, 0) is 75.4 Å². The largest absolute Gasteiger partial charge is 0.495 e. The van der Waals surface area contributed by atoms with Crippen molar-refractivity contribution in [1.82, 2.24) is 10.2 Å². The van der Waals surface area contributed by atoms with Crippen LogP contribution in [0.3, 0.4) is 0 Å². The molecule has 2 amide bonds. The van der Waals surface area contributed by atoms with E-state index in [0.29, 0.717) is 12.2 Å². The molecular weight excluding hydrogens is 562 g/mol. The zero-order chi connectivity index (χ0) is 31.1. The molecule has 0 saturated heterocycles. The number of hydrogen-bond acceptors (Lipinski definition) is 5. The minimum absolute atomic E-state index is 0.0608. The maximum atomic E-state index is 14.4. The molecule has 1 atom stereocenters. The second kappa shape index (κ2) is 14.1. The number of amides is 2. The van der Waals surface area contributed by atoms with Crippen LogP contribution in [-0.4, -0.2) is 50.9 Å². The minimum Gasteiger partial charge on any atom is -0.495 e. The van der Waals surface area contributed by atoms with Crippen molar-refractivity contribution >= 4 is 27.5 Å². The zero-order valence-electron chi connectivity index (χ0n) is 25.8. The van der Waals surface area contributed by atoms with E-state index >= 15 is 0 Å². The molecule has 4 rings (SSSR count). The van der Waals surface area contributed by atoms with Gasteiger partial charge in [-0.2, -0.15) is 0 Å². The van der Waals surface area contributed by atoms with Crippen LogP contribution in [-0.2, 0) is 26.2 Å². The van der Waals surface area contributed by atoms with E-state index in [1.807, 2.05) is 58.0 Å². The number of methoxy groups -OCH3 is 1. The van der Waals surface area contributed by atoms with Crippen LogP contribution in [0.2, 0.25) is 0 Å². The summed E-state index contributed by atoms with van der Waals surface area (Å²) in [5.41, 5.74) is 3.88. The number of hydrogen-bond donors (Lipinski definition) is 1. The van der Waals surface area contributed by atoms with E-state index in [0.717, 1.165) is 52.2 Å². The van der Waals surface area contributed by atoms with Crippen LogP contribution >= 0.6 is 0 Å². The SMILES string of the molecule is CC[C@H](C(=O)NC1CCCC1)N(Cc1cccc(C)c1)C(=O)CN(c1cc(C)ccc1OC)S(=O)(=O)c1ccc(C)cc1. The Morgan fingerprint density at radius 1 is 0.930 bits per heavy atom. The van der Waals surface area contributed by atoms with Crippen molar-refractivity contribution in [3.05, 3.63) is 89.0 Å². The number of carbonyl (C=O) groups excluding carboxylic acids is 2. The highest BCUT2D eigenvalue weighted by Crippen LogP contribution is 2.34. The van der Waals surface area contributed by atoms with Gasteiger partial charge in [0.05, 0.1) is 17.7 Å². The number of nitrogens with zero attached hydrogens (tertiary/aromatic N) is 2. The predicted molar refractivity (Wildman–Crippen MR) is 170 cm³/mol. The van der Waals surface area contributed by atoms with Gasteiger partial charge in [0.2, 0.25) is 11.8 Å². The Balaban J connectivity index is 1.77. The number of sulfonamides is 1. The average molecular weight is 606 g/mol. The summed E-state index contributed by atoms with van der Waals surface area (Å²) >= 11 is 0. The molecule has 9 heteroatoms. The topological polar surface area (TPSA) is 96.0 Å². The first-order valence-electron chi connectivity index (χ1n) is 14.9. The van der Waals surface area contributed by atoms with E-state index in [1.165, 1.54) is 12.0 Å². The molecule has 0 radical (unpaired) electrons. The molecule has 1 aliphatic carbocycles. The molecule has 3 aromatic rings. The second-order valence-electron chi connectivity index (χ2n) is 11.4. The van der Waals surface area contributed by atoms with Gasteiger partial charge in [-0.25, -0.2) is 8.42 Å². The molecule has 0 heterocycles. The van der Waals surface area contributed by atoms with Crippen LogP contribution in [0.25, 0.3) is 0 Å². The molecular formula is C34H43N3O5S. The van der Waals surface area contributed by atoms with Gasteiger partial charge in [0.15, 0.2) is 0 Å². The summed E-state index contributed by atoms with van der Waals surface area (Å²) in [6.07, 6.45) is 4.36. The van der Waals surface area contributed by atoms with Crippen LogP contribution in [0.4, 0.5) is 5.69 Å². The first kappa shape index (κ1) is 32.1. The summed E-state index contributed by atoms with van der Waals surface area (Å²) in [6.45, 7) is 7.24. The summed E-state index contributed by atoms with van der Waals surface area (Å²) in [6, 6.07) is 18.9. The fourth-order valence-corrected chi connectivity index (χ4v) is 7.06. The van der Waals surface area contributed by atoms with Crippen molar-refractivity contribution < 1.29 is 22.7 Å². The van der Waals surface area contributed by atoms with Gasteiger partial charge in [-0.15, -0.1) is 0 Å². The third-order valence-corrected chi connectivity index (χ3v) is 9.79. The highest BCUT2D eigenvalue weighted by Gasteiger charge is 2.35. The monoisotopic (exact) mass is 605 g/mol. The zero-order valence-corrected chi connectivity index (χ0v) is 26.6. The van der Waals surface area contributed by atoms with Crippen molar-refractivity contribution in [2.75, 3.05) is 18.0 Å². The molecule has 230 valence electrons. The van der Waals surface area contributed by atoms with Gasteiger partial charge >= 0.3 is 0 Å². The number of anilines is 1. The lowest BCUT2D eigenvalue weighted by atomic mass is 10.1. The Bertz CT molecular complexity index is 1530. The number of nitrogens with one attached hydrogen (secondary N) is 1. The van der Waals surface area contributed by atoms with E-state index in [1.54, 1.807) is 36.4 Å². The second-order valence-corrected chi connectivity index (χ2v) is 13.3. The van der Waals surface area contributed by atoms with Gasteiger partial charge < -0.3 is 15.0 Å². The maximum Gasteiger partial charge on any atom is 0.264 e. The number of aryl methyl sites for hydroxylation is 3. The Hall–Kier alpha value is -3.85. The molecule has 1 N–H and O–H groups in total. The summed E-state index contributed by atoms with van der Waals surface area (Å²) in [5.74, 6) is -0.365. The number of carbonyl (C=O) groups is 2. The smallest absolute Gasteiger partial charge is 0.264 e. The summed E-state index contributed by atoms with van der Waals surface area (Å²) in [7, 11) is -2.72. The molecule has 0 spiro atoms. The average Bonchev–Trinajstić information content (AvgIpc) is 3.49. The number of benzene rings is 3. The number of rotatable bonds is 12. The van der Waals surface area contributed by atoms with Crippen LogP contribution in [0.15, 0.2) is 71.6 Å². The lowest BCUT2D eigenvalue weighted by Gasteiger charge is -2.34. The Morgan fingerprint density at radius 3 is 2.21 bits per heavy atom. The van der Waals surface area contributed by atoms with Gasteiger partial charge in [0, 0.05) is 12.6 Å². The van der Waals surface area contributed by atoms with E-state index < -0.39 is 28.5 Å². The first-order chi connectivity index (χ1) is 20.5. The van der Waals surface area contributed by atoms with Crippen molar-refractivity contribution in [2.45, 2.75) is 83.3 Å². The molecule has 0 aliphatic heterocycles. The quantitative estimate of drug-likeness (QED) is 0.287. The molecule has 1 saturated carbocycles. The molecule has 0 aromatic heterocycles. The van der Waals surface area contributed by atoms with Crippen molar-refractivity contribution in [3.8, 4) is 5.75 Å². The lowest BCUT2D eigenvalue weighted by molar-refractivity contribution is -0.140. The van der Waals surface area contributed by atoms with Crippen LogP contribution in [0, 0.1) is 20.8 Å². The van der Waals surface area contributed by atoms with E-state index in [4.69, 9.17) is 4.74 Å². The van der Waals surface area contributed by atoms with Crippen molar-refractivity contribution in [3.63, 3.8) is 0 Å². The van der Waals surface area contributed by atoms with E-state index in [2.05, 4.69) is 5.32 Å². The van der Waals surface area contributed by atoms with Crippen LogP contribution in [0.5, 0.6) is 5.75 Å². The fraction of sp³-hybridized carbons (Fsp3) is 0.412. The Labute approximate surface area is 256 Å². The fourth-order valence-electron chi connectivity index (χ4n) is 5.64. The lowest BCUT2D eigenvalue weighted by Crippen LogP contribution is -2.53. The van der Waals surface area contributed by atoms with Crippen LogP contribution in [0.1, 0.15) is 61.3 Å². The highest BCUT2D eigenvalue weighted by molar-refractivity contribution is 7.92. The third kappa shape index (κ3) is 7.76. The molecule has 3 aromatic carbocycles. The summed E-state index contributed by atoms with van der Waals surface area (Å²) in [5, 5.41) is 3.15. The molecule has 43 heavy (non-hydrogen) atoms. The third-order valence-electron chi connectivity index (χ3n) is 8.01.